The number of hydrogen-bond donors (Lipinski definition) is 2. The third-order valence-corrected chi connectivity index (χ3v) is 4.53. The smallest absolute Gasteiger partial charge is 0.135 e. The standard InChI is InChI=1S/C19H22N2O2/c1-12(2)19(23,18-10-21(4)11-20-18)16-6-5-14-9-17(22)13(3)7-15(14)8-16/h5-12,22-23H,1-4H3. The number of aryl methyl sites for hydroxylation is 2. The lowest BCUT2D eigenvalue weighted by molar-refractivity contribution is 0.0280. The molecule has 1 atom stereocenters. The predicted octanol–water partition coefficient (Wildman–Crippen LogP) is 3.48. The molecule has 0 saturated carbocycles. The van der Waals surface area contributed by atoms with Crippen molar-refractivity contribution in [2.45, 2.75) is 26.4 Å². The van der Waals surface area contributed by atoms with Crippen molar-refractivity contribution in [2.75, 3.05) is 0 Å². The van der Waals surface area contributed by atoms with Crippen LogP contribution in [0.1, 0.15) is 30.7 Å². The van der Waals surface area contributed by atoms with Gasteiger partial charge in [-0.15, -0.1) is 0 Å². The van der Waals surface area contributed by atoms with E-state index in [1.54, 1.807) is 12.4 Å². The average molecular weight is 310 g/mol. The minimum absolute atomic E-state index is 0.0342. The van der Waals surface area contributed by atoms with Crippen molar-refractivity contribution < 1.29 is 10.2 Å². The van der Waals surface area contributed by atoms with E-state index in [4.69, 9.17) is 0 Å². The fraction of sp³-hybridized carbons (Fsp3) is 0.316. The van der Waals surface area contributed by atoms with Crippen LogP contribution in [-0.4, -0.2) is 19.8 Å². The molecule has 0 fully saturated rings. The molecule has 0 bridgehead atoms. The number of aromatic nitrogens is 2. The zero-order valence-electron chi connectivity index (χ0n) is 13.9. The number of rotatable bonds is 3. The summed E-state index contributed by atoms with van der Waals surface area (Å²) in [5.74, 6) is 0.252. The molecule has 23 heavy (non-hydrogen) atoms. The molecular weight excluding hydrogens is 288 g/mol. The molecule has 0 spiro atoms. The molecule has 3 rings (SSSR count). The molecule has 0 radical (unpaired) electrons. The molecule has 0 aliphatic rings. The number of fused-ring (bicyclic) bond motifs is 1. The normalized spacial score (nSPS) is 14.3. The van der Waals surface area contributed by atoms with Crippen LogP contribution in [-0.2, 0) is 12.6 Å². The molecule has 4 heteroatoms. The molecule has 0 amide bonds. The first kappa shape index (κ1) is 15.6. The third-order valence-electron chi connectivity index (χ3n) is 4.53. The highest BCUT2D eigenvalue weighted by Crippen LogP contribution is 2.37. The number of benzene rings is 2. The quantitative estimate of drug-likeness (QED) is 0.778. The first-order chi connectivity index (χ1) is 10.8. The highest BCUT2D eigenvalue weighted by Gasteiger charge is 2.37. The number of phenols is 1. The molecule has 0 saturated heterocycles. The number of hydrogen-bond acceptors (Lipinski definition) is 3. The van der Waals surface area contributed by atoms with E-state index in [1.807, 2.05) is 62.8 Å². The number of nitrogens with zero attached hydrogens (tertiary/aromatic N) is 2. The molecule has 120 valence electrons. The van der Waals surface area contributed by atoms with Crippen LogP contribution < -0.4 is 0 Å². The van der Waals surface area contributed by atoms with E-state index in [-0.39, 0.29) is 11.7 Å². The van der Waals surface area contributed by atoms with Crippen LogP contribution in [0, 0.1) is 12.8 Å². The summed E-state index contributed by atoms with van der Waals surface area (Å²) in [6.45, 7) is 5.84. The van der Waals surface area contributed by atoms with Crippen molar-refractivity contribution in [2.24, 2.45) is 13.0 Å². The zero-order valence-corrected chi connectivity index (χ0v) is 13.9. The van der Waals surface area contributed by atoms with Crippen LogP contribution in [0.2, 0.25) is 0 Å². The fourth-order valence-electron chi connectivity index (χ4n) is 3.02. The lowest BCUT2D eigenvalue weighted by Crippen LogP contribution is -2.33. The minimum Gasteiger partial charge on any atom is -0.508 e. The molecule has 1 aromatic heterocycles. The van der Waals surface area contributed by atoms with E-state index in [2.05, 4.69) is 4.98 Å². The van der Waals surface area contributed by atoms with Crippen molar-refractivity contribution in [1.29, 1.82) is 0 Å². The molecule has 4 nitrogen and oxygen atoms in total. The Labute approximate surface area is 136 Å². The second-order valence-electron chi connectivity index (χ2n) is 6.55. The van der Waals surface area contributed by atoms with Crippen LogP contribution in [0.3, 0.4) is 0 Å². The number of aliphatic hydroxyl groups is 1. The average Bonchev–Trinajstić information content (AvgIpc) is 2.94. The summed E-state index contributed by atoms with van der Waals surface area (Å²) >= 11 is 0. The number of phenolic OH excluding ortho intramolecular Hbond substituents is 1. The highest BCUT2D eigenvalue weighted by molar-refractivity contribution is 5.85. The lowest BCUT2D eigenvalue weighted by atomic mass is 9.80. The Bertz CT molecular complexity index is 867. The summed E-state index contributed by atoms with van der Waals surface area (Å²) < 4.78 is 1.84. The van der Waals surface area contributed by atoms with Gasteiger partial charge in [0.25, 0.3) is 0 Å². The van der Waals surface area contributed by atoms with Gasteiger partial charge in [0.2, 0.25) is 0 Å². The van der Waals surface area contributed by atoms with Gasteiger partial charge >= 0.3 is 0 Å². The molecule has 1 unspecified atom stereocenters. The van der Waals surface area contributed by atoms with Gasteiger partial charge in [0.1, 0.15) is 11.4 Å². The maximum Gasteiger partial charge on any atom is 0.135 e. The summed E-state index contributed by atoms with van der Waals surface area (Å²) in [7, 11) is 1.89. The third kappa shape index (κ3) is 2.49. The van der Waals surface area contributed by atoms with E-state index in [9.17, 15) is 10.2 Å². The summed E-state index contributed by atoms with van der Waals surface area (Å²) in [5, 5.41) is 23.2. The summed E-state index contributed by atoms with van der Waals surface area (Å²) in [5.41, 5.74) is 1.12. The van der Waals surface area contributed by atoms with Gasteiger partial charge in [0.05, 0.1) is 12.0 Å². The van der Waals surface area contributed by atoms with Crippen molar-refractivity contribution in [3.63, 3.8) is 0 Å². The van der Waals surface area contributed by atoms with Gasteiger partial charge in [-0.3, -0.25) is 0 Å². The Hall–Kier alpha value is -2.33. The SMILES string of the molecule is Cc1cc2cc(C(O)(c3cn(C)cn3)C(C)C)ccc2cc1O. The van der Waals surface area contributed by atoms with Gasteiger partial charge in [0.15, 0.2) is 0 Å². The Morgan fingerprint density at radius 1 is 1.13 bits per heavy atom. The first-order valence-corrected chi connectivity index (χ1v) is 7.77. The van der Waals surface area contributed by atoms with Gasteiger partial charge in [-0.1, -0.05) is 26.0 Å². The molecule has 2 N–H and O–H groups in total. The highest BCUT2D eigenvalue weighted by atomic mass is 16.3. The van der Waals surface area contributed by atoms with Crippen LogP contribution in [0.4, 0.5) is 0 Å². The van der Waals surface area contributed by atoms with Crippen molar-refractivity contribution in [3.05, 3.63) is 59.7 Å². The van der Waals surface area contributed by atoms with Crippen LogP contribution in [0.25, 0.3) is 10.8 Å². The minimum atomic E-state index is -1.15. The second kappa shape index (κ2) is 5.39. The maximum absolute atomic E-state index is 11.4. The Morgan fingerprint density at radius 3 is 2.48 bits per heavy atom. The van der Waals surface area contributed by atoms with Crippen LogP contribution >= 0.6 is 0 Å². The van der Waals surface area contributed by atoms with Crippen molar-refractivity contribution >= 4 is 10.8 Å². The fourth-order valence-corrected chi connectivity index (χ4v) is 3.02. The lowest BCUT2D eigenvalue weighted by Gasteiger charge is -2.31. The largest absolute Gasteiger partial charge is 0.508 e. The van der Waals surface area contributed by atoms with E-state index < -0.39 is 5.60 Å². The monoisotopic (exact) mass is 310 g/mol. The Kier molecular flexibility index (Phi) is 3.65. The molecule has 1 heterocycles. The van der Waals surface area contributed by atoms with Crippen LogP contribution in [0.15, 0.2) is 42.9 Å². The molecule has 2 aromatic carbocycles. The predicted molar refractivity (Wildman–Crippen MR) is 91.4 cm³/mol. The Balaban J connectivity index is 2.21. The van der Waals surface area contributed by atoms with E-state index in [0.29, 0.717) is 5.69 Å². The second-order valence-corrected chi connectivity index (χ2v) is 6.55. The van der Waals surface area contributed by atoms with Gasteiger partial charge in [-0.05, 0) is 52.9 Å². The van der Waals surface area contributed by atoms with Crippen molar-refractivity contribution in [1.82, 2.24) is 9.55 Å². The molecule has 0 aliphatic heterocycles. The van der Waals surface area contributed by atoms with Gasteiger partial charge in [-0.2, -0.15) is 0 Å². The van der Waals surface area contributed by atoms with Gasteiger partial charge in [-0.25, -0.2) is 4.98 Å². The van der Waals surface area contributed by atoms with E-state index in [1.165, 1.54) is 0 Å². The van der Waals surface area contributed by atoms with E-state index in [0.717, 1.165) is 21.9 Å². The van der Waals surface area contributed by atoms with E-state index >= 15 is 0 Å². The van der Waals surface area contributed by atoms with Crippen molar-refractivity contribution in [3.8, 4) is 5.75 Å². The number of imidazole rings is 1. The maximum atomic E-state index is 11.4. The summed E-state index contributed by atoms with van der Waals surface area (Å²) in [6.07, 6.45) is 3.55. The summed E-state index contributed by atoms with van der Waals surface area (Å²) in [6, 6.07) is 9.51. The van der Waals surface area contributed by atoms with Crippen LogP contribution in [0.5, 0.6) is 5.75 Å². The van der Waals surface area contributed by atoms with Gasteiger partial charge in [0, 0.05) is 13.2 Å². The Morgan fingerprint density at radius 2 is 1.87 bits per heavy atom. The first-order valence-electron chi connectivity index (χ1n) is 7.77. The summed E-state index contributed by atoms with van der Waals surface area (Å²) in [4.78, 5) is 4.37. The molecular formula is C19H22N2O2. The number of aromatic hydroxyl groups is 1. The van der Waals surface area contributed by atoms with Gasteiger partial charge < -0.3 is 14.8 Å². The molecule has 0 aliphatic carbocycles. The topological polar surface area (TPSA) is 58.3 Å². The molecule has 3 aromatic rings. The zero-order chi connectivity index (χ0) is 16.8.